The van der Waals surface area contributed by atoms with E-state index in [0.29, 0.717) is 45.3 Å². The molecule has 5 N–H and O–H groups in total. The summed E-state index contributed by atoms with van der Waals surface area (Å²) in [6, 6.07) is -13.5. The van der Waals surface area contributed by atoms with Crippen LogP contribution in [0.15, 0.2) is 12.2 Å². The van der Waals surface area contributed by atoms with Gasteiger partial charge in [-0.25, -0.2) is 0 Å². The molecule has 0 saturated carbocycles. The van der Waals surface area contributed by atoms with E-state index < -0.39 is 161 Å². The van der Waals surface area contributed by atoms with Crippen LogP contribution in [-0.2, 0) is 57.5 Å². The topological polar surface area (TPSA) is 295 Å². The maximum atomic E-state index is 15.3. The third-order valence-electron chi connectivity index (χ3n) is 19.4. The smallest absolute Gasteiger partial charge is 0.246 e. The van der Waals surface area contributed by atoms with E-state index >= 15 is 28.8 Å². The molecule has 3 aliphatic heterocycles. The van der Waals surface area contributed by atoms with Crippen molar-refractivity contribution in [3.8, 4) is 0 Å². The molecule has 3 fully saturated rings. The summed E-state index contributed by atoms with van der Waals surface area (Å²) in [5, 5.41) is 23.5. The van der Waals surface area contributed by atoms with Crippen molar-refractivity contribution >= 4 is 65.0 Å². The lowest BCUT2D eigenvalue weighted by atomic mass is 9.91. The van der Waals surface area contributed by atoms with Crippen molar-refractivity contribution in [1.29, 1.82) is 0 Å². The van der Waals surface area contributed by atoms with Gasteiger partial charge in [0, 0.05) is 82.1 Å². The van der Waals surface area contributed by atoms with Gasteiger partial charge in [0.2, 0.25) is 65.0 Å². The maximum Gasteiger partial charge on any atom is 0.246 e. The first-order chi connectivity index (χ1) is 44.2. The molecule has 0 aliphatic carbocycles. The first-order valence-corrected chi connectivity index (χ1v) is 34.6. The number of nitrogens with zero attached hydrogens (tertiary/aromatic N) is 9. The fourth-order valence-corrected chi connectivity index (χ4v) is 13.1. The highest BCUT2D eigenvalue weighted by atomic mass is 16.5. The number of piperazine rings is 1. The van der Waals surface area contributed by atoms with Gasteiger partial charge in [0.15, 0.2) is 0 Å². The van der Waals surface area contributed by atoms with Crippen LogP contribution in [-0.4, -0.2) is 288 Å². The SMILES string of the molecule is C/C=C/C[C@@H](C)[C@@H](O)[C@H]1C(=O)N[C@@H](CC)C(=O)N(C)[C@H](C)C(=O)N(C)C([C@@H](C)CN2CCN(C3COC3)CC2)C(=O)N[C@@H](C(C)C)C(=O)N(C)[C@@H](CC(C)C)C(=O)N[C@@H](C)C(=O)N[C@H](C)C(=O)N(C)[C@@H](CC(C)C)C(=O)N(C)[C@@H](CC(C)C)C(=O)N(C)[C@@H](C(C)C)C(=O)N1C. The maximum absolute atomic E-state index is 15.3. The molecule has 1 unspecified atom stereocenters. The highest BCUT2D eigenvalue weighted by Crippen LogP contribution is 2.27. The summed E-state index contributed by atoms with van der Waals surface area (Å²) in [5.74, 6) is -10.2. The van der Waals surface area contributed by atoms with Crippen LogP contribution in [0, 0.1) is 41.4 Å². The van der Waals surface area contributed by atoms with Crippen molar-refractivity contribution < 1.29 is 62.6 Å². The largest absolute Gasteiger partial charge is 0.390 e. The van der Waals surface area contributed by atoms with Gasteiger partial charge in [-0.1, -0.05) is 102 Å². The molecule has 0 aromatic rings. The van der Waals surface area contributed by atoms with Gasteiger partial charge in [-0.05, 0) is 101 Å². The second-order valence-electron chi connectivity index (χ2n) is 29.3. The van der Waals surface area contributed by atoms with Gasteiger partial charge >= 0.3 is 0 Å². The number of rotatable bonds is 17. The van der Waals surface area contributed by atoms with Crippen LogP contribution in [0.4, 0.5) is 0 Å². The highest BCUT2D eigenvalue weighted by Gasteiger charge is 2.47. The van der Waals surface area contributed by atoms with Crippen molar-refractivity contribution in [3.05, 3.63) is 12.2 Å². The fourth-order valence-electron chi connectivity index (χ4n) is 13.1. The lowest BCUT2D eigenvalue weighted by Gasteiger charge is -2.44. The van der Waals surface area contributed by atoms with E-state index in [1.54, 1.807) is 47.6 Å². The molecular weight excluding hydrogens is 1220 g/mol. The quantitative estimate of drug-likeness (QED) is 0.131. The zero-order valence-corrected chi connectivity index (χ0v) is 62.1. The van der Waals surface area contributed by atoms with Gasteiger partial charge in [0.25, 0.3) is 0 Å². The Morgan fingerprint density at radius 2 is 0.947 bits per heavy atom. The first kappa shape index (κ1) is 83.0. The average molecular weight is 1340 g/mol. The minimum absolute atomic E-state index is 0.00644. The number of aliphatic hydroxyl groups is 1. The number of carbonyl (C=O) groups excluding carboxylic acids is 11. The summed E-state index contributed by atoms with van der Waals surface area (Å²) in [5.41, 5.74) is 0. The monoisotopic (exact) mass is 1340 g/mol. The van der Waals surface area contributed by atoms with E-state index in [-0.39, 0.29) is 43.4 Å². The van der Waals surface area contributed by atoms with Crippen LogP contribution in [0.5, 0.6) is 0 Å². The summed E-state index contributed by atoms with van der Waals surface area (Å²) >= 11 is 0. The van der Waals surface area contributed by atoms with Gasteiger partial charge in [0.1, 0.15) is 66.5 Å². The van der Waals surface area contributed by atoms with Crippen molar-refractivity contribution in [1.82, 2.24) is 65.4 Å². The van der Waals surface area contributed by atoms with Crippen LogP contribution in [0.3, 0.4) is 0 Å². The predicted molar refractivity (Wildman–Crippen MR) is 365 cm³/mol. The van der Waals surface area contributed by atoms with Crippen LogP contribution in [0.2, 0.25) is 0 Å². The minimum Gasteiger partial charge on any atom is -0.390 e. The lowest BCUT2D eigenvalue weighted by Crippen LogP contribution is -2.64. The number of hydrogen-bond acceptors (Lipinski definition) is 15. The van der Waals surface area contributed by atoms with Crippen molar-refractivity contribution in [2.45, 2.75) is 228 Å². The van der Waals surface area contributed by atoms with Gasteiger partial charge in [0.05, 0.1) is 25.4 Å². The number of amides is 11. The molecule has 0 bridgehead atoms. The summed E-state index contributed by atoms with van der Waals surface area (Å²) < 4.78 is 5.46. The van der Waals surface area contributed by atoms with E-state index in [0.717, 1.165) is 18.0 Å². The molecule has 14 atom stereocenters. The number of allylic oxidation sites excluding steroid dienone is 2. The van der Waals surface area contributed by atoms with Crippen molar-refractivity contribution in [2.75, 3.05) is 95.3 Å². The van der Waals surface area contributed by atoms with Gasteiger partial charge < -0.3 is 70.3 Å². The molecule has 3 rings (SSSR count). The molecule has 3 saturated heterocycles. The van der Waals surface area contributed by atoms with E-state index in [4.69, 9.17) is 4.74 Å². The summed E-state index contributed by atoms with van der Waals surface area (Å²) in [6.07, 6.45) is 2.84. The van der Waals surface area contributed by atoms with Gasteiger partial charge in [-0.2, -0.15) is 0 Å². The molecule has 3 heterocycles. The molecule has 26 heteroatoms. The summed E-state index contributed by atoms with van der Waals surface area (Å²) in [6.45, 7) is 34.3. The Hall–Kier alpha value is -6.25. The molecule has 0 aromatic heterocycles. The molecule has 3 aliphatic rings. The number of ether oxygens (including phenoxy) is 1. The molecule has 95 heavy (non-hydrogen) atoms. The lowest BCUT2D eigenvalue weighted by molar-refractivity contribution is -0.157. The van der Waals surface area contributed by atoms with Crippen molar-refractivity contribution in [2.24, 2.45) is 41.4 Å². The Morgan fingerprint density at radius 3 is 1.42 bits per heavy atom. The fraction of sp³-hybridized carbons (Fsp3) is 0.812. The van der Waals surface area contributed by atoms with Crippen LogP contribution < -0.4 is 21.3 Å². The Kier molecular flexibility index (Phi) is 32.7. The normalized spacial score (nSPS) is 28.7. The van der Waals surface area contributed by atoms with E-state index in [1.807, 2.05) is 61.5 Å². The number of hydrogen-bond donors (Lipinski definition) is 5. The van der Waals surface area contributed by atoms with E-state index in [1.165, 1.54) is 99.5 Å². The molecule has 0 spiro atoms. The zero-order valence-electron chi connectivity index (χ0n) is 62.1. The second-order valence-corrected chi connectivity index (χ2v) is 29.3. The van der Waals surface area contributed by atoms with Crippen LogP contribution in [0.25, 0.3) is 0 Å². The Bertz CT molecular complexity index is 2640. The molecule has 0 radical (unpaired) electrons. The average Bonchev–Trinajstić information content (AvgIpc) is 0.811. The number of carbonyl (C=O) groups is 11. The van der Waals surface area contributed by atoms with Crippen LogP contribution >= 0.6 is 0 Å². The number of aliphatic hydroxyl groups excluding tert-OH is 1. The number of nitrogens with one attached hydrogen (secondary N) is 4. The molecule has 26 nitrogen and oxygen atoms in total. The first-order valence-electron chi connectivity index (χ1n) is 34.6. The second kappa shape index (κ2) is 37.5. The Labute approximate surface area is 568 Å². The zero-order chi connectivity index (χ0) is 72.5. The third kappa shape index (κ3) is 21.9. The van der Waals surface area contributed by atoms with Gasteiger partial charge in [-0.15, -0.1) is 0 Å². The Morgan fingerprint density at radius 1 is 0.484 bits per heavy atom. The minimum atomic E-state index is -1.63. The van der Waals surface area contributed by atoms with E-state index in [2.05, 4.69) is 31.1 Å². The number of likely N-dealkylation sites (N-methyl/N-ethyl adjacent to an activating group) is 7. The third-order valence-corrected chi connectivity index (χ3v) is 19.4. The molecular formula is C69H123N13O13. The van der Waals surface area contributed by atoms with Crippen LogP contribution in [0.1, 0.15) is 150 Å². The highest BCUT2D eigenvalue weighted by molar-refractivity contribution is 6.00. The summed E-state index contributed by atoms with van der Waals surface area (Å²) in [4.78, 5) is 177. The molecule has 542 valence electrons. The molecule has 11 amide bonds. The predicted octanol–water partition coefficient (Wildman–Crippen LogP) is 2.26. The van der Waals surface area contributed by atoms with Gasteiger partial charge in [-0.3, -0.25) is 57.6 Å². The van der Waals surface area contributed by atoms with Crippen molar-refractivity contribution in [3.63, 3.8) is 0 Å². The Balaban J connectivity index is 2.33. The van der Waals surface area contributed by atoms with E-state index in [9.17, 15) is 29.1 Å². The molecule has 0 aromatic carbocycles. The summed E-state index contributed by atoms with van der Waals surface area (Å²) in [7, 11) is 10.1. The standard InChI is InChI=1S/C69H123N13O13/c1-25-27-28-44(13)58(83)57-62(87)72-50(26-2)65(90)74(18)48(17)64(89)79(23)56(45(14)36-81-29-31-82(32-30-81)49-37-95-38-49)61(86)73-54(42(9)10)68(93)75(19)51(33-39(3)4)60(85)70-46(15)59(84)71-47(16)63(88)76(20)52(34-40(5)6)66(91)77(21)53(35-41(7)8)67(92)78(22)55(43(11)12)69(94)80(57)24/h25,27,39-58,83H,26,28-38H2,1-24H3,(H,70,85)(H,71,84)(H,72,87)(H,73,86)/b27-25+/t44-,45+,46+,47-,48-,50+,51+,52+,53+,54+,55+,56?,57+,58-/m1/s1.